The van der Waals surface area contributed by atoms with Crippen molar-refractivity contribution in [3.63, 3.8) is 0 Å². The highest BCUT2D eigenvalue weighted by atomic mass is 32.2. The molecule has 4 heteroatoms. The smallest absolute Gasteiger partial charge is 0.199 e. The first-order valence-electron chi connectivity index (χ1n) is 9.30. The minimum Gasteiger partial charge on any atom is -0.280 e. The Hall–Kier alpha value is -2.98. The van der Waals surface area contributed by atoms with Crippen LogP contribution in [-0.2, 0) is 9.84 Å². The molecule has 1 saturated carbocycles. The van der Waals surface area contributed by atoms with Crippen molar-refractivity contribution in [1.29, 1.82) is 0 Å². The van der Waals surface area contributed by atoms with Gasteiger partial charge in [-0.2, -0.15) is 0 Å². The molecule has 140 valence electrons. The molecular weight excluding hydrogens is 366 g/mol. The van der Waals surface area contributed by atoms with Gasteiger partial charge in [0.05, 0.1) is 16.6 Å². The van der Waals surface area contributed by atoms with E-state index in [1.807, 2.05) is 42.5 Å². The Balaban J connectivity index is 1.55. The number of aliphatic imine (C=N–C) groups is 1. The summed E-state index contributed by atoms with van der Waals surface area (Å²) in [7, 11) is -3.40. The number of rotatable bonds is 6. The lowest BCUT2D eigenvalue weighted by atomic mass is 10.0. The summed E-state index contributed by atoms with van der Waals surface area (Å²) in [6.07, 6.45) is 2.65. The molecule has 4 rings (SSSR count). The van der Waals surface area contributed by atoms with Crippen LogP contribution in [0.2, 0.25) is 0 Å². The van der Waals surface area contributed by atoms with Gasteiger partial charge in [0.1, 0.15) is 0 Å². The van der Waals surface area contributed by atoms with Gasteiger partial charge in [-0.15, -0.1) is 0 Å². The lowest BCUT2D eigenvalue weighted by Gasteiger charge is -2.07. The van der Waals surface area contributed by atoms with Gasteiger partial charge < -0.3 is 0 Å². The zero-order chi connectivity index (χ0) is 19.4. The lowest BCUT2D eigenvalue weighted by Crippen LogP contribution is -2.05. The van der Waals surface area contributed by atoms with Crippen LogP contribution in [0.25, 0.3) is 0 Å². The predicted octanol–water partition coefficient (Wildman–Crippen LogP) is 4.90. The van der Waals surface area contributed by atoms with Crippen LogP contribution in [0.1, 0.15) is 17.5 Å². The average molecular weight is 388 g/mol. The summed E-state index contributed by atoms with van der Waals surface area (Å²) >= 11 is 0. The van der Waals surface area contributed by atoms with E-state index in [9.17, 15) is 8.42 Å². The number of nitrogens with zero attached hydrogens (tertiary/aromatic N) is 1. The molecule has 3 nitrogen and oxygen atoms in total. The van der Waals surface area contributed by atoms with Crippen molar-refractivity contribution in [2.45, 2.75) is 17.4 Å². The van der Waals surface area contributed by atoms with Crippen LogP contribution in [0.4, 0.5) is 0 Å². The fraction of sp³-hybridized carbons (Fsp3) is 0.125. The van der Waals surface area contributed by atoms with E-state index in [-0.39, 0.29) is 12.0 Å². The number of sulfone groups is 1. The Morgan fingerprint density at radius 1 is 0.786 bits per heavy atom. The van der Waals surface area contributed by atoms with Crippen molar-refractivity contribution in [2.75, 3.05) is 0 Å². The molecule has 3 aromatic rings. The molecule has 0 aromatic heterocycles. The molecule has 0 heterocycles. The van der Waals surface area contributed by atoms with Crippen LogP contribution in [0.5, 0.6) is 0 Å². The first-order valence-corrected chi connectivity index (χ1v) is 10.8. The van der Waals surface area contributed by atoms with E-state index in [0.29, 0.717) is 4.90 Å². The standard InChI is InChI=1S/C24H21NO2S/c26-28(27,22-14-8-3-9-15-22)17-16-21-18-23(21)25-24(19-10-4-1-5-11-19)20-12-6-2-7-13-20/h1-17,21,23H,18H2/b17-16+/t21-,23-/m1/s1. The van der Waals surface area contributed by atoms with Gasteiger partial charge in [-0.1, -0.05) is 84.9 Å². The van der Waals surface area contributed by atoms with E-state index in [1.165, 1.54) is 5.41 Å². The molecule has 0 unspecified atom stereocenters. The van der Waals surface area contributed by atoms with Crippen LogP contribution in [-0.4, -0.2) is 20.2 Å². The van der Waals surface area contributed by atoms with Gasteiger partial charge in [0.2, 0.25) is 0 Å². The van der Waals surface area contributed by atoms with Gasteiger partial charge in [-0.3, -0.25) is 4.99 Å². The third-order valence-electron chi connectivity index (χ3n) is 4.77. The SMILES string of the molecule is O=S(=O)(/C=C/[C@@H]1C[C@H]1N=C(c1ccccc1)c1ccccc1)c1ccccc1. The van der Waals surface area contributed by atoms with Crippen LogP contribution in [0, 0.1) is 5.92 Å². The number of benzene rings is 3. The molecule has 1 aliphatic carbocycles. The van der Waals surface area contributed by atoms with Gasteiger partial charge >= 0.3 is 0 Å². The first-order chi connectivity index (χ1) is 13.6. The summed E-state index contributed by atoms with van der Waals surface area (Å²) < 4.78 is 24.8. The summed E-state index contributed by atoms with van der Waals surface area (Å²) in [5, 5.41) is 1.33. The topological polar surface area (TPSA) is 46.5 Å². The maximum atomic E-state index is 12.4. The summed E-state index contributed by atoms with van der Waals surface area (Å²) in [6, 6.07) is 28.8. The molecule has 28 heavy (non-hydrogen) atoms. The van der Waals surface area contributed by atoms with Crippen molar-refractivity contribution < 1.29 is 8.42 Å². The van der Waals surface area contributed by atoms with Gasteiger partial charge in [0.15, 0.2) is 9.84 Å². The van der Waals surface area contributed by atoms with Crippen LogP contribution in [0.3, 0.4) is 0 Å². The molecule has 0 N–H and O–H groups in total. The summed E-state index contributed by atoms with van der Waals surface area (Å²) in [5.74, 6) is 0.154. The highest BCUT2D eigenvalue weighted by molar-refractivity contribution is 7.94. The van der Waals surface area contributed by atoms with Gasteiger partial charge in [-0.25, -0.2) is 8.42 Å². The molecule has 3 aromatic carbocycles. The zero-order valence-electron chi connectivity index (χ0n) is 15.3. The Kier molecular flexibility index (Phi) is 5.22. The van der Waals surface area contributed by atoms with Crippen molar-refractivity contribution in [3.05, 3.63) is 114 Å². The molecule has 0 spiro atoms. The second-order valence-corrected chi connectivity index (χ2v) is 8.70. The fourth-order valence-corrected chi connectivity index (χ4v) is 4.22. The van der Waals surface area contributed by atoms with E-state index < -0.39 is 9.84 Å². The Bertz CT molecular complexity index is 1050. The maximum Gasteiger partial charge on any atom is 0.199 e. The largest absolute Gasteiger partial charge is 0.280 e. The van der Waals surface area contributed by atoms with E-state index in [0.717, 1.165) is 23.3 Å². The summed E-state index contributed by atoms with van der Waals surface area (Å²) in [5.41, 5.74) is 3.09. The zero-order valence-corrected chi connectivity index (χ0v) is 16.2. The molecular formula is C24H21NO2S. The van der Waals surface area contributed by atoms with Crippen molar-refractivity contribution in [1.82, 2.24) is 0 Å². The van der Waals surface area contributed by atoms with Crippen molar-refractivity contribution in [2.24, 2.45) is 10.9 Å². The molecule has 2 atom stereocenters. The predicted molar refractivity (Wildman–Crippen MR) is 113 cm³/mol. The minimum atomic E-state index is -3.40. The van der Waals surface area contributed by atoms with E-state index in [2.05, 4.69) is 24.3 Å². The summed E-state index contributed by atoms with van der Waals surface area (Å²) in [4.78, 5) is 5.27. The number of hydrogen-bond donors (Lipinski definition) is 0. The van der Waals surface area contributed by atoms with Crippen LogP contribution < -0.4 is 0 Å². The lowest BCUT2D eigenvalue weighted by molar-refractivity contribution is 0.604. The molecule has 0 saturated heterocycles. The van der Waals surface area contributed by atoms with E-state index in [4.69, 9.17) is 4.99 Å². The molecule has 0 amide bonds. The van der Waals surface area contributed by atoms with Crippen molar-refractivity contribution >= 4 is 15.5 Å². The molecule has 1 fully saturated rings. The monoisotopic (exact) mass is 387 g/mol. The molecule has 0 radical (unpaired) electrons. The average Bonchev–Trinajstić information content (AvgIpc) is 3.51. The van der Waals surface area contributed by atoms with Gasteiger partial charge in [0.25, 0.3) is 0 Å². The van der Waals surface area contributed by atoms with Gasteiger partial charge in [0, 0.05) is 22.5 Å². The second kappa shape index (κ2) is 7.95. The van der Waals surface area contributed by atoms with Gasteiger partial charge in [-0.05, 0) is 18.6 Å². The first kappa shape index (κ1) is 18.4. The highest BCUT2D eigenvalue weighted by Gasteiger charge is 2.35. The Morgan fingerprint density at radius 2 is 1.29 bits per heavy atom. The normalized spacial score (nSPS) is 18.7. The third kappa shape index (κ3) is 4.29. The highest BCUT2D eigenvalue weighted by Crippen LogP contribution is 2.36. The van der Waals surface area contributed by atoms with Crippen LogP contribution in [0.15, 0.2) is 112 Å². The third-order valence-corrected chi connectivity index (χ3v) is 6.22. The maximum absolute atomic E-state index is 12.4. The quantitative estimate of drug-likeness (QED) is 0.565. The second-order valence-electron chi connectivity index (χ2n) is 6.86. The Morgan fingerprint density at radius 3 is 1.82 bits per heavy atom. The molecule has 0 aliphatic heterocycles. The number of hydrogen-bond acceptors (Lipinski definition) is 3. The van der Waals surface area contributed by atoms with E-state index >= 15 is 0 Å². The summed E-state index contributed by atoms with van der Waals surface area (Å²) in [6.45, 7) is 0. The van der Waals surface area contributed by atoms with Crippen LogP contribution >= 0.6 is 0 Å². The molecule has 1 aliphatic rings. The van der Waals surface area contributed by atoms with E-state index in [1.54, 1.807) is 30.3 Å². The fourth-order valence-electron chi connectivity index (χ4n) is 3.12. The minimum absolute atomic E-state index is 0.109. The Labute approximate surface area is 166 Å². The molecule has 0 bridgehead atoms. The van der Waals surface area contributed by atoms with Crippen molar-refractivity contribution in [3.8, 4) is 0 Å².